The van der Waals surface area contributed by atoms with Gasteiger partial charge in [-0.1, -0.05) is 0 Å². The van der Waals surface area contributed by atoms with Crippen molar-refractivity contribution in [2.75, 3.05) is 0 Å². The Bertz CT molecular complexity index is 961. The van der Waals surface area contributed by atoms with Crippen LogP contribution >= 0.6 is 0 Å². The van der Waals surface area contributed by atoms with Crippen LogP contribution in [0, 0.1) is 17.0 Å². The van der Waals surface area contributed by atoms with Crippen LogP contribution in [0.25, 0.3) is 10.9 Å². The number of benzene rings is 2. The molecule has 0 saturated carbocycles. The number of nitrogens with one attached hydrogen (secondary N) is 2. The van der Waals surface area contributed by atoms with E-state index in [-0.39, 0.29) is 28.5 Å². The van der Waals surface area contributed by atoms with Crippen molar-refractivity contribution in [1.82, 2.24) is 4.98 Å². The molecule has 0 fully saturated rings. The zero-order valence-corrected chi connectivity index (χ0v) is 12.1. The molecule has 0 aliphatic rings. The predicted octanol–water partition coefficient (Wildman–Crippen LogP) is 3.77. The molecule has 116 valence electrons. The number of aromatic amines is 1. The number of ketones is 1. The van der Waals surface area contributed by atoms with E-state index in [1.165, 1.54) is 13.0 Å². The van der Waals surface area contributed by atoms with E-state index in [1.54, 1.807) is 18.2 Å². The molecule has 0 aliphatic carbocycles. The molecule has 0 saturated heterocycles. The van der Waals surface area contributed by atoms with Crippen molar-refractivity contribution in [2.24, 2.45) is 0 Å². The van der Waals surface area contributed by atoms with Crippen molar-refractivity contribution in [2.45, 2.75) is 6.92 Å². The predicted molar refractivity (Wildman–Crippen MR) is 82.3 cm³/mol. The van der Waals surface area contributed by atoms with Gasteiger partial charge in [0.25, 0.3) is 0 Å². The van der Waals surface area contributed by atoms with Gasteiger partial charge in [0.05, 0.1) is 11.3 Å². The number of carbonyl (C=O) groups is 1. The molecule has 6 heteroatoms. The van der Waals surface area contributed by atoms with Crippen molar-refractivity contribution in [3.63, 3.8) is 0 Å². The van der Waals surface area contributed by atoms with Crippen molar-refractivity contribution in [1.29, 1.82) is 5.41 Å². The fourth-order valence-electron chi connectivity index (χ4n) is 2.45. The highest BCUT2D eigenvalue weighted by molar-refractivity contribution is 6.20. The van der Waals surface area contributed by atoms with Crippen molar-refractivity contribution in [3.8, 4) is 5.88 Å². The molecular formula is C17H12F2N2O2. The van der Waals surface area contributed by atoms with Gasteiger partial charge in [0.1, 0.15) is 0 Å². The van der Waals surface area contributed by atoms with Gasteiger partial charge in [-0.25, -0.2) is 8.78 Å². The van der Waals surface area contributed by atoms with Crippen LogP contribution in [-0.2, 0) is 0 Å². The first-order chi connectivity index (χ1) is 10.9. The minimum Gasteiger partial charge on any atom is -0.494 e. The third kappa shape index (κ3) is 2.48. The van der Waals surface area contributed by atoms with Gasteiger partial charge in [0, 0.05) is 22.0 Å². The highest BCUT2D eigenvalue weighted by Crippen LogP contribution is 2.30. The number of H-pyrrole nitrogens is 1. The maximum Gasteiger partial charge on any atom is 0.199 e. The Hall–Kier alpha value is -3.02. The number of halogens is 2. The van der Waals surface area contributed by atoms with Gasteiger partial charge in [-0.15, -0.1) is 0 Å². The van der Waals surface area contributed by atoms with Crippen LogP contribution in [-0.4, -0.2) is 21.6 Å². The van der Waals surface area contributed by atoms with Crippen LogP contribution < -0.4 is 0 Å². The van der Waals surface area contributed by atoms with E-state index >= 15 is 0 Å². The van der Waals surface area contributed by atoms with Crippen LogP contribution in [0.4, 0.5) is 8.78 Å². The summed E-state index contributed by atoms with van der Waals surface area (Å²) in [7, 11) is 0. The SMILES string of the molecule is CC(=O)c1ccc2[nH]c(O)c(C(=N)c3ccc(F)c(F)c3)c2c1. The number of fused-ring (bicyclic) bond motifs is 1. The molecule has 0 atom stereocenters. The Kier molecular flexibility index (Phi) is 3.44. The number of Topliss-reactive ketones (excluding diaryl/α,β-unsaturated/α-hetero) is 1. The highest BCUT2D eigenvalue weighted by atomic mass is 19.2. The summed E-state index contributed by atoms with van der Waals surface area (Å²) in [5.41, 5.74) is 1.04. The van der Waals surface area contributed by atoms with Gasteiger partial charge in [-0.2, -0.15) is 0 Å². The second kappa shape index (κ2) is 5.31. The van der Waals surface area contributed by atoms with Gasteiger partial charge in [-0.3, -0.25) is 10.2 Å². The zero-order valence-electron chi connectivity index (χ0n) is 12.1. The Morgan fingerprint density at radius 1 is 1.09 bits per heavy atom. The topological polar surface area (TPSA) is 76.9 Å². The molecule has 3 N–H and O–H groups in total. The summed E-state index contributed by atoms with van der Waals surface area (Å²) in [5.74, 6) is -2.51. The third-order valence-electron chi connectivity index (χ3n) is 3.64. The molecule has 1 heterocycles. The first-order valence-electron chi connectivity index (χ1n) is 6.78. The number of aromatic hydroxyl groups is 1. The maximum atomic E-state index is 13.4. The number of aromatic nitrogens is 1. The van der Waals surface area contributed by atoms with Crippen LogP contribution in [0.3, 0.4) is 0 Å². The molecule has 0 aliphatic heterocycles. The Labute approximate surface area is 129 Å². The molecule has 4 nitrogen and oxygen atoms in total. The van der Waals surface area contributed by atoms with Crippen molar-refractivity contribution < 1.29 is 18.7 Å². The minimum absolute atomic E-state index is 0.119. The monoisotopic (exact) mass is 314 g/mol. The molecule has 0 unspecified atom stereocenters. The molecule has 0 radical (unpaired) electrons. The summed E-state index contributed by atoms with van der Waals surface area (Å²) >= 11 is 0. The molecule has 3 rings (SSSR count). The molecule has 0 bridgehead atoms. The number of carbonyl (C=O) groups excluding carboxylic acids is 1. The van der Waals surface area contributed by atoms with Crippen LogP contribution in [0.2, 0.25) is 0 Å². The van der Waals surface area contributed by atoms with Gasteiger partial charge >= 0.3 is 0 Å². The molecule has 0 spiro atoms. The van der Waals surface area contributed by atoms with Crippen LogP contribution in [0.15, 0.2) is 36.4 Å². The Morgan fingerprint density at radius 2 is 1.78 bits per heavy atom. The number of hydrogen-bond acceptors (Lipinski definition) is 3. The van der Waals surface area contributed by atoms with Gasteiger partial charge < -0.3 is 10.1 Å². The molecule has 23 heavy (non-hydrogen) atoms. The Balaban J connectivity index is 2.19. The first kappa shape index (κ1) is 14.9. The highest BCUT2D eigenvalue weighted by Gasteiger charge is 2.18. The van der Waals surface area contributed by atoms with Crippen molar-refractivity contribution in [3.05, 3.63) is 64.7 Å². The summed E-state index contributed by atoms with van der Waals surface area (Å²) in [6.45, 7) is 1.41. The summed E-state index contributed by atoms with van der Waals surface area (Å²) in [5, 5.41) is 18.7. The summed E-state index contributed by atoms with van der Waals surface area (Å²) < 4.78 is 26.4. The quantitative estimate of drug-likeness (QED) is 0.508. The normalized spacial score (nSPS) is 10.9. The van der Waals surface area contributed by atoms with E-state index in [9.17, 15) is 18.7 Å². The lowest BCUT2D eigenvalue weighted by Gasteiger charge is -2.05. The van der Waals surface area contributed by atoms with Gasteiger partial charge in [0.15, 0.2) is 23.3 Å². The Morgan fingerprint density at radius 3 is 2.43 bits per heavy atom. The van der Waals surface area contributed by atoms with Gasteiger partial charge in [0.2, 0.25) is 0 Å². The largest absolute Gasteiger partial charge is 0.494 e. The van der Waals surface area contributed by atoms with E-state index in [0.29, 0.717) is 16.5 Å². The lowest BCUT2D eigenvalue weighted by atomic mass is 9.99. The van der Waals surface area contributed by atoms with Crippen molar-refractivity contribution >= 4 is 22.4 Å². The van der Waals surface area contributed by atoms with E-state index in [1.807, 2.05) is 0 Å². The lowest BCUT2D eigenvalue weighted by Crippen LogP contribution is -2.03. The van der Waals surface area contributed by atoms with E-state index in [0.717, 1.165) is 12.1 Å². The second-order valence-electron chi connectivity index (χ2n) is 5.17. The average Bonchev–Trinajstić information content (AvgIpc) is 2.84. The second-order valence-corrected chi connectivity index (χ2v) is 5.17. The van der Waals surface area contributed by atoms with E-state index in [2.05, 4.69) is 4.98 Å². The van der Waals surface area contributed by atoms with E-state index in [4.69, 9.17) is 5.41 Å². The standard InChI is InChI=1S/C17H12F2N2O2/c1-8(22)9-3-5-14-11(6-9)15(17(23)21-14)16(20)10-2-4-12(18)13(19)7-10/h2-7,20-21,23H,1H3. The van der Waals surface area contributed by atoms with Crippen LogP contribution in [0.1, 0.15) is 28.4 Å². The zero-order chi connectivity index (χ0) is 16.7. The summed E-state index contributed by atoms with van der Waals surface area (Å²) in [6.07, 6.45) is 0. The molecule has 3 aromatic rings. The number of rotatable bonds is 3. The molecule has 1 aromatic heterocycles. The number of hydrogen-bond donors (Lipinski definition) is 3. The summed E-state index contributed by atoms with van der Waals surface area (Å²) in [6, 6.07) is 7.85. The fourth-order valence-corrected chi connectivity index (χ4v) is 2.45. The maximum absolute atomic E-state index is 13.4. The molecule has 0 amide bonds. The molecule has 2 aromatic carbocycles. The summed E-state index contributed by atoms with van der Waals surface area (Å²) in [4.78, 5) is 14.2. The third-order valence-corrected chi connectivity index (χ3v) is 3.64. The fraction of sp³-hybridized carbons (Fsp3) is 0.0588. The first-order valence-corrected chi connectivity index (χ1v) is 6.78. The van der Waals surface area contributed by atoms with Crippen LogP contribution in [0.5, 0.6) is 5.88 Å². The minimum atomic E-state index is -1.07. The van der Waals surface area contributed by atoms with E-state index < -0.39 is 11.6 Å². The molecular weight excluding hydrogens is 302 g/mol. The lowest BCUT2D eigenvalue weighted by molar-refractivity contribution is 0.101. The van der Waals surface area contributed by atoms with Gasteiger partial charge in [-0.05, 0) is 43.3 Å². The average molecular weight is 314 g/mol. The smallest absolute Gasteiger partial charge is 0.199 e.